The molecular formula is C14H21BrN2. The van der Waals surface area contributed by atoms with Crippen molar-refractivity contribution in [3.05, 3.63) is 28.7 Å². The molecule has 0 saturated carbocycles. The number of anilines is 1. The second kappa shape index (κ2) is 5.40. The van der Waals surface area contributed by atoms with Crippen molar-refractivity contribution in [2.75, 3.05) is 18.0 Å². The van der Waals surface area contributed by atoms with E-state index in [1.165, 1.54) is 10.2 Å². The highest BCUT2D eigenvalue weighted by atomic mass is 79.9. The molecule has 17 heavy (non-hydrogen) atoms. The summed E-state index contributed by atoms with van der Waals surface area (Å²) in [5.74, 6) is 0.655. The smallest absolute Gasteiger partial charge is 0.0514 e. The van der Waals surface area contributed by atoms with Gasteiger partial charge in [0.15, 0.2) is 0 Å². The summed E-state index contributed by atoms with van der Waals surface area (Å²) >= 11 is 3.67. The van der Waals surface area contributed by atoms with Gasteiger partial charge in [-0.1, -0.05) is 26.0 Å². The molecule has 3 heteroatoms. The van der Waals surface area contributed by atoms with Gasteiger partial charge in [-0.25, -0.2) is 0 Å². The Morgan fingerprint density at radius 1 is 1.35 bits per heavy atom. The van der Waals surface area contributed by atoms with Crippen LogP contribution in [0.3, 0.4) is 0 Å². The van der Waals surface area contributed by atoms with Crippen molar-refractivity contribution in [2.24, 2.45) is 5.92 Å². The molecule has 2 atom stereocenters. The van der Waals surface area contributed by atoms with E-state index < -0.39 is 0 Å². The highest BCUT2D eigenvalue weighted by Gasteiger charge is 2.28. The predicted molar refractivity (Wildman–Crippen MR) is 77.6 cm³/mol. The number of para-hydroxylation sites is 1. The molecule has 1 fully saturated rings. The molecular weight excluding hydrogens is 276 g/mol. The molecule has 0 bridgehead atoms. The highest BCUT2D eigenvalue weighted by molar-refractivity contribution is 9.10. The zero-order chi connectivity index (χ0) is 12.4. The third-order valence-corrected chi connectivity index (χ3v) is 4.15. The third kappa shape index (κ3) is 2.83. The maximum atomic E-state index is 3.67. The van der Waals surface area contributed by atoms with E-state index in [0.29, 0.717) is 18.0 Å². The van der Waals surface area contributed by atoms with Crippen LogP contribution < -0.4 is 10.2 Å². The van der Waals surface area contributed by atoms with Crippen molar-refractivity contribution in [1.29, 1.82) is 0 Å². The summed E-state index contributed by atoms with van der Waals surface area (Å²) < 4.78 is 1.19. The molecule has 0 aromatic heterocycles. The molecule has 2 rings (SSSR count). The van der Waals surface area contributed by atoms with E-state index in [-0.39, 0.29) is 0 Å². The van der Waals surface area contributed by atoms with Gasteiger partial charge >= 0.3 is 0 Å². The Labute approximate surface area is 113 Å². The van der Waals surface area contributed by atoms with E-state index in [4.69, 9.17) is 0 Å². The van der Waals surface area contributed by atoms with Crippen molar-refractivity contribution in [1.82, 2.24) is 5.32 Å². The highest BCUT2D eigenvalue weighted by Crippen LogP contribution is 2.30. The van der Waals surface area contributed by atoms with Gasteiger partial charge in [0.1, 0.15) is 0 Å². The monoisotopic (exact) mass is 296 g/mol. The van der Waals surface area contributed by atoms with Gasteiger partial charge in [-0.3, -0.25) is 0 Å². The van der Waals surface area contributed by atoms with E-state index >= 15 is 0 Å². The zero-order valence-electron chi connectivity index (χ0n) is 10.8. The van der Waals surface area contributed by atoms with Crippen molar-refractivity contribution < 1.29 is 0 Å². The van der Waals surface area contributed by atoms with Gasteiger partial charge in [-0.2, -0.15) is 0 Å². The van der Waals surface area contributed by atoms with Gasteiger partial charge in [-0.15, -0.1) is 0 Å². The van der Waals surface area contributed by atoms with Crippen LogP contribution in [-0.2, 0) is 0 Å². The summed E-state index contributed by atoms with van der Waals surface area (Å²) in [6.07, 6.45) is 0. The fraction of sp³-hybridized carbons (Fsp3) is 0.571. The molecule has 2 unspecified atom stereocenters. The minimum Gasteiger partial charge on any atom is -0.365 e. The number of hydrogen-bond acceptors (Lipinski definition) is 2. The fourth-order valence-corrected chi connectivity index (χ4v) is 3.00. The number of rotatable bonds is 2. The molecule has 0 aliphatic carbocycles. The third-order valence-electron chi connectivity index (χ3n) is 3.48. The Hall–Kier alpha value is -0.540. The fourth-order valence-electron chi connectivity index (χ4n) is 2.48. The standard InChI is InChI=1S/C14H21BrN2/c1-10(2)14-8-16-11(3)9-17(14)13-7-5-4-6-12(13)15/h4-7,10-11,14,16H,8-9H2,1-3H3. The maximum Gasteiger partial charge on any atom is 0.0514 e. The molecule has 1 N–H and O–H groups in total. The first-order chi connectivity index (χ1) is 8.09. The van der Waals surface area contributed by atoms with Crippen LogP contribution in [0.15, 0.2) is 28.7 Å². The van der Waals surface area contributed by atoms with Gasteiger partial charge in [0.2, 0.25) is 0 Å². The van der Waals surface area contributed by atoms with Crippen LogP contribution in [0.4, 0.5) is 5.69 Å². The van der Waals surface area contributed by atoms with Crippen LogP contribution in [0.25, 0.3) is 0 Å². The van der Waals surface area contributed by atoms with E-state index in [0.717, 1.165) is 13.1 Å². The number of nitrogens with one attached hydrogen (secondary N) is 1. The average Bonchev–Trinajstić information content (AvgIpc) is 2.29. The number of benzene rings is 1. The summed E-state index contributed by atoms with van der Waals surface area (Å²) in [7, 11) is 0. The average molecular weight is 297 g/mol. The summed E-state index contributed by atoms with van der Waals surface area (Å²) in [6, 6.07) is 9.65. The molecule has 1 aromatic rings. The van der Waals surface area contributed by atoms with E-state index in [2.05, 4.69) is 71.2 Å². The van der Waals surface area contributed by atoms with Crippen molar-refractivity contribution in [3.63, 3.8) is 0 Å². The number of halogens is 1. The molecule has 1 aliphatic rings. The van der Waals surface area contributed by atoms with Gasteiger partial charge in [-0.05, 0) is 40.9 Å². The van der Waals surface area contributed by atoms with E-state index in [1.807, 2.05) is 0 Å². The Bertz CT molecular complexity index is 378. The lowest BCUT2D eigenvalue weighted by Crippen LogP contribution is -2.57. The van der Waals surface area contributed by atoms with Crippen LogP contribution in [0.5, 0.6) is 0 Å². The molecule has 1 aliphatic heterocycles. The Kier molecular flexibility index (Phi) is 4.10. The summed E-state index contributed by atoms with van der Waals surface area (Å²) in [5.41, 5.74) is 1.32. The molecule has 1 heterocycles. The van der Waals surface area contributed by atoms with Gasteiger partial charge < -0.3 is 10.2 Å². The molecule has 0 amide bonds. The molecule has 1 saturated heterocycles. The second-order valence-corrected chi connectivity index (χ2v) is 6.08. The Balaban J connectivity index is 2.29. The minimum absolute atomic E-state index is 0.553. The number of hydrogen-bond donors (Lipinski definition) is 1. The molecule has 0 spiro atoms. The summed E-state index contributed by atoms with van der Waals surface area (Å²) in [6.45, 7) is 8.99. The van der Waals surface area contributed by atoms with Gasteiger partial charge in [0, 0.05) is 29.6 Å². The summed E-state index contributed by atoms with van der Waals surface area (Å²) in [4.78, 5) is 2.54. The second-order valence-electron chi connectivity index (χ2n) is 5.22. The van der Waals surface area contributed by atoms with E-state index in [9.17, 15) is 0 Å². The van der Waals surface area contributed by atoms with Gasteiger partial charge in [0.05, 0.1) is 5.69 Å². The Morgan fingerprint density at radius 3 is 2.71 bits per heavy atom. The van der Waals surface area contributed by atoms with Crippen LogP contribution >= 0.6 is 15.9 Å². The maximum absolute atomic E-state index is 3.67. The molecule has 0 radical (unpaired) electrons. The van der Waals surface area contributed by atoms with Crippen LogP contribution in [0.2, 0.25) is 0 Å². The van der Waals surface area contributed by atoms with Crippen molar-refractivity contribution in [2.45, 2.75) is 32.9 Å². The molecule has 1 aromatic carbocycles. The largest absolute Gasteiger partial charge is 0.365 e. The lowest BCUT2D eigenvalue weighted by atomic mass is 9.98. The number of piperazine rings is 1. The van der Waals surface area contributed by atoms with Crippen LogP contribution in [0.1, 0.15) is 20.8 Å². The van der Waals surface area contributed by atoms with Crippen LogP contribution in [0, 0.1) is 5.92 Å². The SMILES string of the molecule is CC1CN(c2ccccc2Br)C(C(C)C)CN1. The topological polar surface area (TPSA) is 15.3 Å². The van der Waals surface area contributed by atoms with Crippen LogP contribution in [-0.4, -0.2) is 25.2 Å². The summed E-state index contributed by atoms with van der Waals surface area (Å²) in [5, 5.41) is 3.58. The minimum atomic E-state index is 0.553. The normalized spacial score (nSPS) is 25.4. The quantitative estimate of drug-likeness (QED) is 0.901. The van der Waals surface area contributed by atoms with Crippen molar-refractivity contribution >= 4 is 21.6 Å². The first-order valence-electron chi connectivity index (χ1n) is 6.34. The zero-order valence-corrected chi connectivity index (χ0v) is 12.4. The Morgan fingerprint density at radius 2 is 2.06 bits per heavy atom. The first-order valence-corrected chi connectivity index (χ1v) is 7.13. The molecule has 2 nitrogen and oxygen atoms in total. The lowest BCUT2D eigenvalue weighted by molar-refractivity contribution is 0.349. The molecule has 94 valence electrons. The van der Waals surface area contributed by atoms with Crippen molar-refractivity contribution in [3.8, 4) is 0 Å². The first kappa shape index (κ1) is 12.9. The van der Waals surface area contributed by atoms with Gasteiger partial charge in [0.25, 0.3) is 0 Å². The predicted octanol–water partition coefficient (Wildman–Crippen LogP) is 3.27. The number of nitrogens with zero attached hydrogens (tertiary/aromatic N) is 1. The lowest BCUT2D eigenvalue weighted by Gasteiger charge is -2.43. The van der Waals surface area contributed by atoms with E-state index in [1.54, 1.807) is 0 Å².